The molecule has 3 rings (SSSR count). The molecule has 2 amide bonds. The van der Waals surface area contributed by atoms with Crippen molar-refractivity contribution in [3.63, 3.8) is 0 Å². The van der Waals surface area contributed by atoms with Crippen LogP contribution in [0, 0.1) is 5.92 Å². The lowest BCUT2D eigenvalue weighted by molar-refractivity contribution is -0.126. The van der Waals surface area contributed by atoms with Gasteiger partial charge in [-0.15, -0.1) is 0 Å². The van der Waals surface area contributed by atoms with Crippen molar-refractivity contribution in [2.24, 2.45) is 5.92 Å². The van der Waals surface area contributed by atoms with E-state index in [4.69, 9.17) is 0 Å². The molecule has 1 aromatic carbocycles. The number of hydrogen-bond donors (Lipinski definition) is 2. The molecule has 5 nitrogen and oxygen atoms in total. The van der Waals surface area contributed by atoms with Crippen LogP contribution >= 0.6 is 0 Å². The standard InChI is InChI=1S/C18H25N3O2/c1-13(20-18(23)14-7-9-19-10-8-14)15-4-2-5-16(12-15)21-11-3-6-17(21)22/h2,4-5,12-14,19H,3,6-11H2,1H3,(H,20,23). The smallest absolute Gasteiger partial charge is 0.227 e. The zero-order chi connectivity index (χ0) is 16.2. The molecule has 2 heterocycles. The Morgan fingerprint density at radius 2 is 2.13 bits per heavy atom. The number of anilines is 1. The number of hydrogen-bond acceptors (Lipinski definition) is 3. The van der Waals surface area contributed by atoms with Crippen LogP contribution in [0.25, 0.3) is 0 Å². The largest absolute Gasteiger partial charge is 0.349 e. The summed E-state index contributed by atoms with van der Waals surface area (Å²) in [6.07, 6.45) is 3.36. The first kappa shape index (κ1) is 16.0. The summed E-state index contributed by atoms with van der Waals surface area (Å²) in [5.74, 6) is 0.442. The molecule has 124 valence electrons. The number of carbonyl (C=O) groups is 2. The highest BCUT2D eigenvalue weighted by molar-refractivity contribution is 5.95. The molecule has 2 N–H and O–H groups in total. The third-order valence-corrected chi connectivity index (χ3v) is 4.82. The van der Waals surface area contributed by atoms with Crippen LogP contribution in [0.4, 0.5) is 5.69 Å². The molecular formula is C18H25N3O2. The highest BCUT2D eigenvalue weighted by atomic mass is 16.2. The molecule has 0 aromatic heterocycles. The van der Waals surface area contributed by atoms with Crippen molar-refractivity contribution in [3.05, 3.63) is 29.8 Å². The Balaban J connectivity index is 1.66. The second kappa shape index (κ2) is 7.13. The van der Waals surface area contributed by atoms with E-state index in [1.165, 1.54) is 0 Å². The normalized spacial score (nSPS) is 20.6. The lowest BCUT2D eigenvalue weighted by Gasteiger charge is -2.24. The minimum Gasteiger partial charge on any atom is -0.349 e. The molecule has 0 aliphatic carbocycles. The summed E-state index contributed by atoms with van der Waals surface area (Å²) < 4.78 is 0. The molecule has 2 fully saturated rings. The zero-order valence-corrected chi connectivity index (χ0v) is 13.7. The topological polar surface area (TPSA) is 61.4 Å². The Hall–Kier alpha value is -1.88. The van der Waals surface area contributed by atoms with E-state index in [-0.39, 0.29) is 23.8 Å². The van der Waals surface area contributed by atoms with Gasteiger partial charge in [0, 0.05) is 24.6 Å². The first-order valence-electron chi connectivity index (χ1n) is 8.56. The van der Waals surface area contributed by atoms with E-state index >= 15 is 0 Å². The molecule has 0 bridgehead atoms. The van der Waals surface area contributed by atoms with Crippen LogP contribution in [0.1, 0.15) is 44.2 Å². The van der Waals surface area contributed by atoms with Crippen molar-refractivity contribution in [3.8, 4) is 0 Å². The van der Waals surface area contributed by atoms with Gasteiger partial charge in [0.25, 0.3) is 0 Å². The second-order valence-corrected chi connectivity index (χ2v) is 6.50. The van der Waals surface area contributed by atoms with Gasteiger partial charge >= 0.3 is 0 Å². The van der Waals surface area contributed by atoms with Crippen LogP contribution in [0.5, 0.6) is 0 Å². The van der Waals surface area contributed by atoms with Gasteiger partial charge in [0.05, 0.1) is 6.04 Å². The molecule has 1 atom stereocenters. The average molecular weight is 315 g/mol. The fourth-order valence-electron chi connectivity index (χ4n) is 3.38. The van der Waals surface area contributed by atoms with E-state index < -0.39 is 0 Å². The van der Waals surface area contributed by atoms with Crippen LogP contribution in [0.15, 0.2) is 24.3 Å². The number of carbonyl (C=O) groups excluding carboxylic acids is 2. The second-order valence-electron chi connectivity index (χ2n) is 6.50. The van der Waals surface area contributed by atoms with Crippen molar-refractivity contribution in [1.82, 2.24) is 10.6 Å². The minimum absolute atomic E-state index is 0.0463. The van der Waals surface area contributed by atoms with E-state index in [2.05, 4.69) is 10.6 Å². The Morgan fingerprint density at radius 3 is 2.83 bits per heavy atom. The van der Waals surface area contributed by atoms with Crippen LogP contribution in [-0.4, -0.2) is 31.4 Å². The van der Waals surface area contributed by atoms with Gasteiger partial charge in [-0.05, 0) is 57.0 Å². The zero-order valence-electron chi connectivity index (χ0n) is 13.7. The quantitative estimate of drug-likeness (QED) is 0.893. The van der Waals surface area contributed by atoms with E-state index in [9.17, 15) is 9.59 Å². The summed E-state index contributed by atoms with van der Waals surface area (Å²) in [5.41, 5.74) is 1.98. The number of amides is 2. The average Bonchev–Trinajstić information content (AvgIpc) is 3.02. The maximum absolute atomic E-state index is 12.4. The monoisotopic (exact) mass is 315 g/mol. The Morgan fingerprint density at radius 1 is 1.35 bits per heavy atom. The summed E-state index contributed by atoms with van der Waals surface area (Å²) in [4.78, 5) is 26.1. The molecule has 0 spiro atoms. The van der Waals surface area contributed by atoms with Gasteiger partial charge in [0.1, 0.15) is 0 Å². The highest BCUT2D eigenvalue weighted by Gasteiger charge is 2.24. The van der Waals surface area contributed by atoms with Gasteiger partial charge in [0.2, 0.25) is 11.8 Å². The van der Waals surface area contributed by atoms with Crippen molar-refractivity contribution in [2.75, 3.05) is 24.5 Å². The third-order valence-electron chi connectivity index (χ3n) is 4.82. The fraction of sp³-hybridized carbons (Fsp3) is 0.556. The summed E-state index contributed by atoms with van der Waals surface area (Å²) in [6.45, 7) is 4.63. The van der Waals surface area contributed by atoms with Gasteiger partial charge < -0.3 is 15.5 Å². The first-order valence-corrected chi connectivity index (χ1v) is 8.56. The van der Waals surface area contributed by atoms with E-state index in [0.717, 1.165) is 50.1 Å². The van der Waals surface area contributed by atoms with Crippen molar-refractivity contribution in [2.45, 2.75) is 38.6 Å². The molecule has 5 heteroatoms. The molecule has 2 saturated heterocycles. The fourth-order valence-corrected chi connectivity index (χ4v) is 3.38. The third kappa shape index (κ3) is 3.72. The molecule has 0 radical (unpaired) electrons. The maximum Gasteiger partial charge on any atom is 0.227 e. The molecule has 1 aromatic rings. The van der Waals surface area contributed by atoms with Gasteiger partial charge in [0.15, 0.2) is 0 Å². The SMILES string of the molecule is CC(NC(=O)C1CCNCC1)c1cccc(N2CCCC2=O)c1. The number of rotatable bonds is 4. The minimum atomic E-state index is -0.0463. The number of nitrogens with zero attached hydrogens (tertiary/aromatic N) is 1. The summed E-state index contributed by atoms with van der Waals surface area (Å²) in [6, 6.07) is 7.92. The van der Waals surface area contributed by atoms with Crippen molar-refractivity contribution >= 4 is 17.5 Å². The van der Waals surface area contributed by atoms with E-state index in [0.29, 0.717) is 6.42 Å². The molecular weight excluding hydrogens is 290 g/mol. The summed E-state index contributed by atoms with van der Waals surface area (Å²) >= 11 is 0. The van der Waals surface area contributed by atoms with Crippen LogP contribution < -0.4 is 15.5 Å². The highest BCUT2D eigenvalue weighted by Crippen LogP contribution is 2.25. The van der Waals surface area contributed by atoms with Gasteiger partial charge in [-0.3, -0.25) is 9.59 Å². The van der Waals surface area contributed by atoms with Gasteiger partial charge in [-0.25, -0.2) is 0 Å². The van der Waals surface area contributed by atoms with Gasteiger partial charge in [-0.2, -0.15) is 0 Å². The molecule has 1 unspecified atom stereocenters. The number of benzene rings is 1. The van der Waals surface area contributed by atoms with Crippen LogP contribution in [0.2, 0.25) is 0 Å². The Labute approximate surface area is 137 Å². The van der Waals surface area contributed by atoms with Crippen LogP contribution in [0.3, 0.4) is 0 Å². The van der Waals surface area contributed by atoms with E-state index in [1.807, 2.05) is 36.1 Å². The summed E-state index contributed by atoms with van der Waals surface area (Å²) in [5, 5.41) is 6.40. The van der Waals surface area contributed by atoms with Crippen LogP contribution in [-0.2, 0) is 9.59 Å². The lowest BCUT2D eigenvalue weighted by atomic mass is 9.96. The predicted octanol–water partition coefficient (Wildman–Crippen LogP) is 1.99. The van der Waals surface area contributed by atoms with E-state index in [1.54, 1.807) is 0 Å². The molecule has 2 aliphatic heterocycles. The predicted molar refractivity (Wildman–Crippen MR) is 90.2 cm³/mol. The summed E-state index contributed by atoms with van der Waals surface area (Å²) in [7, 11) is 0. The Bertz CT molecular complexity index is 581. The molecule has 23 heavy (non-hydrogen) atoms. The van der Waals surface area contributed by atoms with Crippen molar-refractivity contribution in [1.29, 1.82) is 0 Å². The van der Waals surface area contributed by atoms with Crippen molar-refractivity contribution < 1.29 is 9.59 Å². The molecule has 2 aliphatic rings. The lowest BCUT2D eigenvalue weighted by Crippen LogP contribution is -2.39. The number of nitrogens with one attached hydrogen (secondary N) is 2. The number of piperidine rings is 1. The molecule has 0 saturated carbocycles. The maximum atomic E-state index is 12.4. The first-order chi connectivity index (χ1) is 11.1. The Kier molecular flexibility index (Phi) is 4.96. The van der Waals surface area contributed by atoms with Gasteiger partial charge in [-0.1, -0.05) is 12.1 Å².